The highest BCUT2D eigenvalue weighted by Gasteiger charge is 2.32. The molecule has 2 aromatic heterocycles. The third kappa shape index (κ3) is 3.02. The van der Waals surface area contributed by atoms with Gasteiger partial charge in [0.05, 0.1) is 18.3 Å². The lowest BCUT2D eigenvalue weighted by Gasteiger charge is -2.23. The van der Waals surface area contributed by atoms with E-state index in [-0.39, 0.29) is 12.1 Å². The van der Waals surface area contributed by atoms with E-state index in [1.54, 1.807) is 17.5 Å². The third-order valence-corrected chi connectivity index (χ3v) is 5.06. The van der Waals surface area contributed by atoms with E-state index in [4.69, 9.17) is 4.42 Å². The van der Waals surface area contributed by atoms with Gasteiger partial charge in [-0.25, -0.2) is 14.5 Å². The van der Waals surface area contributed by atoms with Crippen LogP contribution in [0.15, 0.2) is 29.1 Å². The molecule has 1 N–H and O–H groups in total. The maximum absolute atomic E-state index is 12.6. The Morgan fingerprint density at radius 2 is 2.08 bits per heavy atom. The van der Waals surface area contributed by atoms with E-state index in [1.807, 2.05) is 16.8 Å². The van der Waals surface area contributed by atoms with Crippen molar-refractivity contribution in [2.45, 2.75) is 57.0 Å². The van der Waals surface area contributed by atoms with Crippen molar-refractivity contribution >= 4 is 12.0 Å². The first-order valence-electron chi connectivity index (χ1n) is 8.83. The molecule has 1 saturated carbocycles. The van der Waals surface area contributed by atoms with Crippen molar-refractivity contribution in [3.05, 3.63) is 30.5 Å². The van der Waals surface area contributed by atoms with Gasteiger partial charge in [-0.1, -0.05) is 19.3 Å². The molecular formula is C17H23N5O2. The van der Waals surface area contributed by atoms with Gasteiger partial charge >= 0.3 is 6.03 Å². The Morgan fingerprint density at radius 3 is 2.88 bits per heavy atom. The fourth-order valence-corrected chi connectivity index (χ4v) is 3.81. The van der Waals surface area contributed by atoms with E-state index < -0.39 is 0 Å². The van der Waals surface area contributed by atoms with Crippen molar-refractivity contribution < 1.29 is 9.21 Å². The molecule has 0 bridgehead atoms. The SMILES string of the molecule is O=C(Nc1ncn(C2CCCCC2)n1)N1CCC[C@H]1c1ccco1. The van der Waals surface area contributed by atoms with E-state index in [1.165, 1.54) is 19.3 Å². The molecule has 4 rings (SSSR count). The molecule has 0 spiro atoms. The summed E-state index contributed by atoms with van der Waals surface area (Å²) < 4.78 is 7.38. The number of rotatable bonds is 3. The van der Waals surface area contributed by atoms with Crippen molar-refractivity contribution in [2.24, 2.45) is 0 Å². The second kappa shape index (κ2) is 6.67. The summed E-state index contributed by atoms with van der Waals surface area (Å²) in [6, 6.07) is 4.04. The predicted molar refractivity (Wildman–Crippen MR) is 88.6 cm³/mol. The first-order chi connectivity index (χ1) is 11.8. The standard InChI is InChI=1S/C17H23N5O2/c23-17(21-10-4-8-14(21)15-9-5-11-24-15)19-16-18-12-22(20-16)13-6-2-1-3-7-13/h5,9,11-14H,1-4,6-8,10H2,(H,19,20,23)/t14-/m0/s1. The molecule has 24 heavy (non-hydrogen) atoms. The van der Waals surface area contributed by atoms with Crippen molar-refractivity contribution in [3.8, 4) is 0 Å². The lowest BCUT2D eigenvalue weighted by molar-refractivity contribution is 0.199. The van der Waals surface area contributed by atoms with Gasteiger partial charge in [0.2, 0.25) is 5.95 Å². The molecular weight excluding hydrogens is 306 g/mol. The number of carbonyl (C=O) groups excluding carboxylic acids is 1. The summed E-state index contributed by atoms with van der Waals surface area (Å²) in [7, 11) is 0. The maximum atomic E-state index is 12.6. The Morgan fingerprint density at radius 1 is 1.21 bits per heavy atom. The zero-order chi connectivity index (χ0) is 16.4. The molecule has 2 amide bonds. The second-order valence-corrected chi connectivity index (χ2v) is 6.64. The van der Waals surface area contributed by atoms with Crippen LogP contribution in [-0.4, -0.2) is 32.2 Å². The van der Waals surface area contributed by atoms with Crippen LogP contribution in [0.1, 0.15) is 62.8 Å². The Hall–Kier alpha value is -2.31. The Bertz CT molecular complexity index is 675. The average molecular weight is 329 g/mol. The highest BCUT2D eigenvalue weighted by Crippen LogP contribution is 2.32. The Kier molecular flexibility index (Phi) is 4.23. The minimum absolute atomic E-state index is 0.000398. The molecule has 2 aliphatic rings. The lowest BCUT2D eigenvalue weighted by Crippen LogP contribution is -2.34. The summed E-state index contributed by atoms with van der Waals surface area (Å²) in [6.07, 6.45) is 11.4. The molecule has 3 heterocycles. The van der Waals surface area contributed by atoms with E-state index in [0.717, 1.165) is 38.0 Å². The van der Waals surface area contributed by atoms with E-state index in [2.05, 4.69) is 15.4 Å². The number of carbonyl (C=O) groups is 1. The smallest absolute Gasteiger partial charge is 0.324 e. The van der Waals surface area contributed by atoms with Crippen LogP contribution < -0.4 is 5.32 Å². The summed E-state index contributed by atoms with van der Waals surface area (Å²) >= 11 is 0. The fourth-order valence-electron chi connectivity index (χ4n) is 3.81. The number of nitrogens with one attached hydrogen (secondary N) is 1. The van der Waals surface area contributed by atoms with Crippen molar-refractivity contribution in [2.75, 3.05) is 11.9 Å². The number of anilines is 1. The molecule has 2 fully saturated rings. The monoisotopic (exact) mass is 329 g/mol. The predicted octanol–water partition coefficient (Wildman–Crippen LogP) is 3.75. The maximum Gasteiger partial charge on any atom is 0.324 e. The molecule has 7 nitrogen and oxygen atoms in total. The van der Waals surface area contributed by atoms with Gasteiger partial charge in [-0.15, -0.1) is 5.10 Å². The number of hydrogen-bond acceptors (Lipinski definition) is 4. The largest absolute Gasteiger partial charge is 0.467 e. The van der Waals surface area contributed by atoms with Crippen LogP contribution in [0.4, 0.5) is 10.7 Å². The van der Waals surface area contributed by atoms with Gasteiger partial charge in [-0.3, -0.25) is 5.32 Å². The Balaban J connectivity index is 1.41. The summed E-state index contributed by atoms with van der Waals surface area (Å²) in [6.45, 7) is 0.723. The first kappa shape index (κ1) is 15.2. The minimum atomic E-state index is -0.157. The number of urea groups is 1. The van der Waals surface area contributed by atoms with Gasteiger partial charge in [0.1, 0.15) is 12.1 Å². The lowest BCUT2D eigenvalue weighted by atomic mass is 9.96. The molecule has 0 aromatic carbocycles. The van der Waals surface area contributed by atoms with Crippen molar-refractivity contribution in [3.63, 3.8) is 0 Å². The number of hydrogen-bond donors (Lipinski definition) is 1. The number of furan rings is 1. The summed E-state index contributed by atoms with van der Waals surface area (Å²) in [4.78, 5) is 18.7. The number of nitrogens with zero attached hydrogens (tertiary/aromatic N) is 4. The molecule has 1 atom stereocenters. The molecule has 1 aliphatic heterocycles. The molecule has 0 unspecified atom stereocenters. The zero-order valence-electron chi connectivity index (χ0n) is 13.7. The summed E-state index contributed by atoms with van der Waals surface area (Å²) in [5, 5.41) is 7.29. The van der Waals surface area contributed by atoms with Crippen molar-refractivity contribution in [1.29, 1.82) is 0 Å². The van der Waals surface area contributed by atoms with Crippen LogP contribution in [0.2, 0.25) is 0 Å². The Labute approximate surface area is 141 Å². The van der Waals surface area contributed by atoms with Gasteiger partial charge in [0.25, 0.3) is 0 Å². The molecule has 2 aromatic rings. The zero-order valence-corrected chi connectivity index (χ0v) is 13.7. The van der Waals surface area contributed by atoms with Gasteiger partial charge in [-0.2, -0.15) is 0 Å². The molecule has 0 radical (unpaired) electrons. The minimum Gasteiger partial charge on any atom is -0.467 e. The molecule has 1 aliphatic carbocycles. The number of amides is 2. The summed E-state index contributed by atoms with van der Waals surface area (Å²) in [5.41, 5.74) is 0. The summed E-state index contributed by atoms with van der Waals surface area (Å²) in [5.74, 6) is 1.22. The van der Waals surface area contributed by atoms with E-state index in [9.17, 15) is 4.79 Å². The highest BCUT2D eigenvalue weighted by molar-refractivity contribution is 5.87. The first-order valence-corrected chi connectivity index (χ1v) is 8.83. The van der Waals surface area contributed by atoms with Crippen LogP contribution in [-0.2, 0) is 0 Å². The van der Waals surface area contributed by atoms with Crippen LogP contribution in [0.3, 0.4) is 0 Å². The number of aromatic nitrogens is 3. The molecule has 7 heteroatoms. The molecule has 128 valence electrons. The van der Waals surface area contributed by atoms with Crippen LogP contribution in [0.25, 0.3) is 0 Å². The molecule has 1 saturated heterocycles. The highest BCUT2D eigenvalue weighted by atomic mass is 16.3. The topological polar surface area (TPSA) is 76.2 Å². The second-order valence-electron chi connectivity index (χ2n) is 6.64. The van der Waals surface area contributed by atoms with Crippen LogP contribution in [0, 0.1) is 0 Å². The fraction of sp³-hybridized carbons (Fsp3) is 0.588. The average Bonchev–Trinajstić information content (AvgIpc) is 3.36. The van der Waals surface area contributed by atoms with E-state index in [0.29, 0.717) is 12.0 Å². The normalized spacial score (nSPS) is 22.0. The van der Waals surface area contributed by atoms with Crippen LogP contribution >= 0.6 is 0 Å². The van der Waals surface area contributed by atoms with Gasteiger partial charge < -0.3 is 9.32 Å². The van der Waals surface area contributed by atoms with E-state index >= 15 is 0 Å². The van der Waals surface area contributed by atoms with Crippen LogP contribution in [0.5, 0.6) is 0 Å². The number of likely N-dealkylation sites (tertiary alicyclic amines) is 1. The van der Waals surface area contributed by atoms with Gasteiger partial charge in [0.15, 0.2) is 0 Å². The van der Waals surface area contributed by atoms with Crippen molar-refractivity contribution in [1.82, 2.24) is 19.7 Å². The van der Waals surface area contributed by atoms with Gasteiger partial charge in [-0.05, 0) is 37.8 Å². The van der Waals surface area contributed by atoms with Gasteiger partial charge in [0, 0.05) is 6.54 Å². The third-order valence-electron chi connectivity index (χ3n) is 5.06. The quantitative estimate of drug-likeness (QED) is 0.930.